The molecule has 0 aliphatic heterocycles. The van der Waals surface area contributed by atoms with Crippen LogP contribution >= 0.6 is 0 Å². The summed E-state index contributed by atoms with van der Waals surface area (Å²) in [5, 5.41) is 14.0. The van der Waals surface area contributed by atoms with Crippen LogP contribution in [0, 0.1) is 11.8 Å². The Morgan fingerprint density at radius 1 is 1.40 bits per heavy atom. The molecule has 1 aromatic rings. The van der Waals surface area contributed by atoms with Gasteiger partial charge in [-0.15, -0.1) is 0 Å². The fourth-order valence-electron chi connectivity index (χ4n) is 3.91. The van der Waals surface area contributed by atoms with Crippen molar-refractivity contribution in [3.63, 3.8) is 0 Å². The Morgan fingerprint density at radius 3 is 2.50 bits per heavy atom. The van der Waals surface area contributed by atoms with E-state index in [1.54, 1.807) is 31.3 Å². The molecule has 2 fully saturated rings. The molecule has 1 N–H and O–H groups in total. The number of nitrogens with zero attached hydrogens (tertiary/aromatic N) is 2. The summed E-state index contributed by atoms with van der Waals surface area (Å²) in [5.74, 6) is 0.613. The number of methoxy groups -OCH3 is 2. The Kier molecular flexibility index (Phi) is 3.20. The predicted molar refractivity (Wildman–Crippen MR) is 70.6 cm³/mol. The van der Waals surface area contributed by atoms with Crippen LogP contribution in [-0.2, 0) is 15.1 Å². The molecular weight excluding hydrogens is 260 g/mol. The number of carbonyl (C=O) groups is 1. The molecule has 2 aliphatic rings. The third-order valence-corrected chi connectivity index (χ3v) is 4.96. The Labute approximate surface area is 117 Å². The number of ether oxygens (including phenoxy) is 2. The van der Waals surface area contributed by atoms with Gasteiger partial charge in [-0.1, -0.05) is 0 Å². The first-order chi connectivity index (χ1) is 9.59. The number of aliphatic carboxylic acids is 1. The monoisotopic (exact) mass is 280 g/mol. The van der Waals surface area contributed by atoms with Crippen molar-refractivity contribution in [2.75, 3.05) is 14.2 Å². The number of hydrogen-bond donors (Lipinski definition) is 1. The summed E-state index contributed by atoms with van der Waals surface area (Å²) in [5.41, 5.74) is -0.926. The molecular formula is C14H20N2O4. The lowest BCUT2D eigenvalue weighted by Gasteiger charge is -2.26. The zero-order valence-electron chi connectivity index (χ0n) is 11.8. The Bertz CT molecular complexity index is 499. The average molecular weight is 280 g/mol. The highest BCUT2D eigenvalue weighted by atomic mass is 16.5. The molecule has 0 saturated heterocycles. The van der Waals surface area contributed by atoms with Crippen molar-refractivity contribution in [2.45, 2.75) is 37.3 Å². The summed E-state index contributed by atoms with van der Waals surface area (Å²) in [4.78, 5) is 11.9. The van der Waals surface area contributed by atoms with Crippen LogP contribution < -0.4 is 4.74 Å². The van der Waals surface area contributed by atoms with Crippen LogP contribution in [0.5, 0.6) is 5.75 Å². The van der Waals surface area contributed by atoms with E-state index >= 15 is 0 Å². The summed E-state index contributed by atoms with van der Waals surface area (Å²) in [6, 6.07) is 0. The first-order valence-corrected chi connectivity index (χ1v) is 6.94. The molecule has 3 rings (SSSR count). The van der Waals surface area contributed by atoms with Gasteiger partial charge in [-0.3, -0.25) is 4.68 Å². The van der Waals surface area contributed by atoms with E-state index in [-0.39, 0.29) is 6.10 Å². The van der Waals surface area contributed by atoms with Crippen molar-refractivity contribution in [3.05, 3.63) is 12.4 Å². The van der Waals surface area contributed by atoms with Crippen LogP contribution in [0.4, 0.5) is 0 Å². The molecule has 2 unspecified atom stereocenters. The van der Waals surface area contributed by atoms with Crippen molar-refractivity contribution in [2.24, 2.45) is 11.8 Å². The van der Waals surface area contributed by atoms with Crippen LogP contribution in [0.15, 0.2) is 12.4 Å². The van der Waals surface area contributed by atoms with E-state index in [1.807, 2.05) is 0 Å². The molecule has 2 aliphatic carbocycles. The Morgan fingerprint density at radius 2 is 2.05 bits per heavy atom. The van der Waals surface area contributed by atoms with Gasteiger partial charge in [0, 0.05) is 7.11 Å². The van der Waals surface area contributed by atoms with Crippen molar-refractivity contribution < 1.29 is 19.4 Å². The Hall–Kier alpha value is -1.56. The summed E-state index contributed by atoms with van der Waals surface area (Å²) >= 11 is 0. The highest BCUT2D eigenvalue weighted by Gasteiger charge is 2.55. The van der Waals surface area contributed by atoms with Gasteiger partial charge in [-0.2, -0.15) is 5.10 Å². The second-order valence-electron chi connectivity index (χ2n) is 5.92. The van der Waals surface area contributed by atoms with Gasteiger partial charge in [-0.25, -0.2) is 4.79 Å². The molecule has 4 atom stereocenters. The van der Waals surface area contributed by atoms with Gasteiger partial charge in [-0.05, 0) is 37.5 Å². The van der Waals surface area contributed by atoms with Crippen LogP contribution in [0.1, 0.15) is 25.7 Å². The highest BCUT2D eigenvalue weighted by molar-refractivity contribution is 5.77. The van der Waals surface area contributed by atoms with Crippen molar-refractivity contribution in [1.29, 1.82) is 0 Å². The van der Waals surface area contributed by atoms with Gasteiger partial charge in [0.05, 0.1) is 25.6 Å². The smallest absolute Gasteiger partial charge is 0.331 e. The second kappa shape index (κ2) is 4.77. The summed E-state index contributed by atoms with van der Waals surface area (Å²) in [7, 11) is 3.29. The van der Waals surface area contributed by atoms with E-state index in [1.165, 1.54) is 0 Å². The van der Waals surface area contributed by atoms with Gasteiger partial charge < -0.3 is 14.6 Å². The molecule has 1 heterocycles. The first kappa shape index (κ1) is 13.4. The number of rotatable bonds is 4. The Balaban J connectivity index is 1.87. The largest absolute Gasteiger partial charge is 0.493 e. The minimum atomic E-state index is -0.926. The van der Waals surface area contributed by atoms with E-state index in [2.05, 4.69) is 5.10 Å². The van der Waals surface area contributed by atoms with Crippen molar-refractivity contribution >= 4 is 5.97 Å². The number of aromatic nitrogens is 2. The molecule has 1 aromatic heterocycles. The maximum absolute atomic E-state index is 11.9. The van der Waals surface area contributed by atoms with E-state index in [0.29, 0.717) is 30.4 Å². The van der Waals surface area contributed by atoms with E-state index in [9.17, 15) is 9.90 Å². The molecule has 0 amide bonds. The predicted octanol–water partition coefficient (Wildman–Crippen LogP) is 1.51. The normalized spacial score (nSPS) is 36.0. The van der Waals surface area contributed by atoms with Gasteiger partial charge in [0.2, 0.25) is 0 Å². The molecule has 110 valence electrons. The summed E-state index contributed by atoms with van der Waals surface area (Å²) in [6.07, 6.45) is 6.68. The number of hydrogen-bond acceptors (Lipinski definition) is 4. The van der Waals surface area contributed by atoms with Crippen LogP contribution in [0.3, 0.4) is 0 Å². The number of carboxylic acids is 1. The number of carboxylic acid groups (broad SMARTS) is 1. The standard InChI is InChI=1S/C14H20N2O4/c1-19-11-3-9-5-14(13(17)18,6-10(9)4-11)16-8-12(20-2)7-15-16/h7-11H,3-6H2,1-2H3,(H,17,18)/t9-,10+,11?,14?. The maximum atomic E-state index is 11.9. The topological polar surface area (TPSA) is 73.6 Å². The second-order valence-corrected chi connectivity index (χ2v) is 5.92. The average Bonchev–Trinajstić information content (AvgIpc) is 3.10. The zero-order chi connectivity index (χ0) is 14.3. The third kappa shape index (κ3) is 1.90. The number of fused-ring (bicyclic) bond motifs is 1. The lowest BCUT2D eigenvalue weighted by molar-refractivity contribution is -0.148. The third-order valence-electron chi connectivity index (χ3n) is 4.96. The fraction of sp³-hybridized carbons (Fsp3) is 0.714. The van der Waals surface area contributed by atoms with Gasteiger partial charge in [0.25, 0.3) is 0 Å². The molecule has 20 heavy (non-hydrogen) atoms. The minimum absolute atomic E-state index is 0.281. The van der Waals surface area contributed by atoms with Crippen molar-refractivity contribution in [3.8, 4) is 5.75 Å². The van der Waals surface area contributed by atoms with Gasteiger partial charge in [0.1, 0.15) is 0 Å². The maximum Gasteiger partial charge on any atom is 0.331 e. The SMILES string of the molecule is COc1cnn(C2(C(=O)O)C[C@H]3CC(OC)C[C@H]3C2)c1. The lowest BCUT2D eigenvalue weighted by atomic mass is 9.93. The highest BCUT2D eigenvalue weighted by Crippen LogP contribution is 2.52. The zero-order valence-corrected chi connectivity index (χ0v) is 11.8. The van der Waals surface area contributed by atoms with E-state index in [0.717, 1.165) is 12.8 Å². The first-order valence-electron chi connectivity index (χ1n) is 6.94. The quantitative estimate of drug-likeness (QED) is 0.905. The molecule has 0 spiro atoms. The van der Waals surface area contributed by atoms with Crippen molar-refractivity contribution in [1.82, 2.24) is 9.78 Å². The molecule has 0 radical (unpaired) electrons. The molecule has 2 saturated carbocycles. The van der Waals surface area contributed by atoms with Crippen LogP contribution in [0.2, 0.25) is 0 Å². The van der Waals surface area contributed by atoms with Gasteiger partial charge in [0.15, 0.2) is 11.3 Å². The summed E-state index contributed by atoms with van der Waals surface area (Å²) in [6.45, 7) is 0. The van der Waals surface area contributed by atoms with Gasteiger partial charge >= 0.3 is 5.97 Å². The van der Waals surface area contributed by atoms with E-state index < -0.39 is 11.5 Å². The van der Waals surface area contributed by atoms with E-state index in [4.69, 9.17) is 9.47 Å². The molecule has 0 bridgehead atoms. The molecule has 6 nitrogen and oxygen atoms in total. The van der Waals surface area contributed by atoms with Crippen LogP contribution in [-0.4, -0.2) is 41.2 Å². The molecule has 0 aromatic carbocycles. The van der Waals surface area contributed by atoms with Crippen LogP contribution in [0.25, 0.3) is 0 Å². The molecule has 6 heteroatoms. The summed E-state index contributed by atoms with van der Waals surface area (Å²) < 4.78 is 12.1. The minimum Gasteiger partial charge on any atom is -0.493 e. The fourth-order valence-corrected chi connectivity index (χ4v) is 3.91. The lowest BCUT2D eigenvalue weighted by Crippen LogP contribution is -2.40.